The number of nitrogens with zero attached hydrogens (tertiary/aromatic N) is 3. The fourth-order valence-corrected chi connectivity index (χ4v) is 4.48. The molecule has 3 atom stereocenters. The van der Waals surface area contributed by atoms with E-state index in [-0.39, 0.29) is 11.6 Å². The van der Waals surface area contributed by atoms with Gasteiger partial charge in [-0.15, -0.1) is 0 Å². The second kappa shape index (κ2) is 6.59. The molecule has 4 rings (SSSR count). The lowest BCUT2D eigenvalue weighted by atomic mass is 9.93. The molecule has 25 heavy (non-hydrogen) atoms. The van der Waals surface area contributed by atoms with Gasteiger partial charge in [0.2, 0.25) is 0 Å². The van der Waals surface area contributed by atoms with Gasteiger partial charge in [-0.3, -0.25) is 19.8 Å². The number of non-ortho nitro benzene ring substituents is 1. The summed E-state index contributed by atoms with van der Waals surface area (Å²) < 4.78 is 0. The van der Waals surface area contributed by atoms with Crippen molar-refractivity contribution in [2.24, 2.45) is 17.8 Å². The summed E-state index contributed by atoms with van der Waals surface area (Å²) >= 11 is 0. The summed E-state index contributed by atoms with van der Waals surface area (Å²) in [6.45, 7) is 4.43. The molecule has 1 saturated heterocycles. The van der Waals surface area contributed by atoms with Crippen molar-refractivity contribution in [1.29, 1.82) is 0 Å². The summed E-state index contributed by atoms with van der Waals surface area (Å²) in [5.41, 5.74) is 0.540. The van der Waals surface area contributed by atoms with Crippen molar-refractivity contribution >= 4 is 11.6 Å². The Kier molecular flexibility index (Phi) is 4.29. The van der Waals surface area contributed by atoms with Crippen molar-refractivity contribution < 1.29 is 9.72 Å². The first-order valence-corrected chi connectivity index (χ1v) is 9.04. The number of allylic oxidation sites excluding steroid dienone is 2. The van der Waals surface area contributed by atoms with E-state index in [9.17, 15) is 14.9 Å². The molecule has 3 aliphatic rings. The van der Waals surface area contributed by atoms with Gasteiger partial charge in [0.1, 0.15) is 0 Å². The predicted molar refractivity (Wildman–Crippen MR) is 94.3 cm³/mol. The second-order valence-electron chi connectivity index (χ2n) is 7.44. The van der Waals surface area contributed by atoms with Crippen LogP contribution in [0.25, 0.3) is 0 Å². The zero-order valence-electron chi connectivity index (χ0n) is 14.2. The van der Waals surface area contributed by atoms with Crippen LogP contribution in [0.1, 0.15) is 23.2 Å². The molecule has 1 aliphatic heterocycles. The summed E-state index contributed by atoms with van der Waals surface area (Å²) in [6.07, 6.45) is 7.43. The van der Waals surface area contributed by atoms with Crippen molar-refractivity contribution in [3.63, 3.8) is 0 Å². The Balaban J connectivity index is 1.30. The van der Waals surface area contributed by atoms with Gasteiger partial charge < -0.3 is 4.90 Å². The van der Waals surface area contributed by atoms with Crippen molar-refractivity contribution in [3.05, 3.63) is 52.1 Å². The molecule has 1 saturated carbocycles. The van der Waals surface area contributed by atoms with E-state index in [1.54, 1.807) is 12.1 Å². The van der Waals surface area contributed by atoms with Crippen molar-refractivity contribution in [1.82, 2.24) is 9.80 Å². The molecule has 132 valence electrons. The minimum Gasteiger partial charge on any atom is -0.336 e. The first kappa shape index (κ1) is 16.3. The van der Waals surface area contributed by atoms with Gasteiger partial charge in [0, 0.05) is 50.4 Å². The standard InChI is InChI=1S/C19H23N3O3/c23-19(15-3-5-18(6-4-15)22(24)25)21-9-7-20(8-10-21)13-17-12-14-1-2-16(17)11-14/h1-6,14,16-17H,7-13H2/t14-,16-,17+/m1/s1. The quantitative estimate of drug-likeness (QED) is 0.480. The van der Waals surface area contributed by atoms with E-state index >= 15 is 0 Å². The largest absolute Gasteiger partial charge is 0.336 e. The molecule has 0 spiro atoms. The maximum absolute atomic E-state index is 12.6. The number of rotatable bonds is 4. The molecule has 2 bridgehead atoms. The first-order chi connectivity index (χ1) is 12.1. The molecule has 0 unspecified atom stereocenters. The van der Waals surface area contributed by atoms with Crippen LogP contribution in [-0.4, -0.2) is 53.4 Å². The molecule has 6 heteroatoms. The molecular formula is C19H23N3O3. The Bertz CT molecular complexity index is 692. The van der Waals surface area contributed by atoms with Crippen LogP contribution in [0.5, 0.6) is 0 Å². The number of fused-ring (bicyclic) bond motifs is 2. The summed E-state index contributed by atoms with van der Waals surface area (Å²) in [5.74, 6) is 2.33. The molecule has 1 heterocycles. The number of hydrogen-bond acceptors (Lipinski definition) is 4. The van der Waals surface area contributed by atoms with Gasteiger partial charge in [-0.25, -0.2) is 0 Å². The zero-order chi connectivity index (χ0) is 17.4. The summed E-state index contributed by atoms with van der Waals surface area (Å²) in [6, 6.07) is 5.89. The molecule has 2 aliphatic carbocycles. The van der Waals surface area contributed by atoms with Crippen molar-refractivity contribution in [2.45, 2.75) is 12.8 Å². The van der Waals surface area contributed by atoms with Crippen LogP contribution in [-0.2, 0) is 0 Å². The molecule has 0 N–H and O–H groups in total. The van der Waals surface area contributed by atoms with E-state index in [1.807, 2.05) is 4.90 Å². The van der Waals surface area contributed by atoms with E-state index in [0.29, 0.717) is 5.56 Å². The third kappa shape index (κ3) is 3.31. The molecule has 1 aromatic carbocycles. The van der Waals surface area contributed by atoms with Crippen LogP contribution < -0.4 is 0 Å². The van der Waals surface area contributed by atoms with Gasteiger partial charge in [0.05, 0.1) is 4.92 Å². The average Bonchev–Trinajstić information content (AvgIpc) is 3.25. The smallest absolute Gasteiger partial charge is 0.269 e. The first-order valence-electron chi connectivity index (χ1n) is 9.04. The number of carbonyl (C=O) groups is 1. The van der Waals surface area contributed by atoms with Crippen LogP contribution in [0.2, 0.25) is 0 Å². The number of piperazine rings is 1. The molecule has 1 aromatic rings. The summed E-state index contributed by atoms with van der Waals surface area (Å²) in [4.78, 5) is 27.2. The van der Waals surface area contributed by atoms with Crippen LogP contribution in [0, 0.1) is 27.9 Å². The zero-order valence-corrected chi connectivity index (χ0v) is 14.2. The van der Waals surface area contributed by atoms with Crippen LogP contribution >= 0.6 is 0 Å². The minimum absolute atomic E-state index is 0.0151. The monoisotopic (exact) mass is 341 g/mol. The minimum atomic E-state index is -0.447. The van der Waals surface area contributed by atoms with Crippen molar-refractivity contribution in [3.8, 4) is 0 Å². The van der Waals surface area contributed by atoms with Gasteiger partial charge in [0.15, 0.2) is 0 Å². The third-order valence-electron chi connectivity index (χ3n) is 5.89. The van der Waals surface area contributed by atoms with E-state index < -0.39 is 4.92 Å². The normalized spacial score (nSPS) is 28.5. The number of benzene rings is 1. The van der Waals surface area contributed by atoms with Gasteiger partial charge in [0.25, 0.3) is 11.6 Å². The summed E-state index contributed by atoms with van der Waals surface area (Å²) in [5, 5.41) is 10.7. The Morgan fingerprint density at radius 2 is 1.80 bits per heavy atom. The highest BCUT2D eigenvalue weighted by molar-refractivity contribution is 5.94. The van der Waals surface area contributed by atoms with Crippen molar-refractivity contribution in [2.75, 3.05) is 32.7 Å². The highest BCUT2D eigenvalue weighted by Crippen LogP contribution is 2.43. The number of carbonyl (C=O) groups excluding carboxylic acids is 1. The third-order valence-corrected chi connectivity index (χ3v) is 5.89. The highest BCUT2D eigenvalue weighted by atomic mass is 16.6. The molecule has 0 aromatic heterocycles. The molecule has 2 fully saturated rings. The van der Waals surface area contributed by atoms with Gasteiger partial charge in [-0.2, -0.15) is 0 Å². The maximum atomic E-state index is 12.6. The topological polar surface area (TPSA) is 66.7 Å². The second-order valence-corrected chi connectivity index (χ2v) is 7.44. The van der Waals surface area contributed by atoms with Gasteiger partial charge in [-0.05, 0) is 42.7 Å². The lowest BCUT2D eigenvalue weighted by Gasteiger charge is -2.37. The predicted octanol–water partition coefficient (Wildman–Crippen LogP) is 2.56. The van der Waals surface area contributed by atoms with E-state index in [1.165, 1.54) is 25.0 Å². The number of nitro benzene ring substituents is 1. The molecular weight excluding hydrogens is 318 g/mol. The molecule has 1 amide bonds. The Labute approximate surface area is 147 Å². The number of amides is 1. The number of nitro groups is 1. The SMILES string of the molecule is O=C(c1ccc([N+](=O)[O-])cc1)N1CCN(C[C@@H]2C[C@@H]3C=C[C@@H]2C3)CC1. The highest BCUT2D eigenvalue weighted by Gasteiger charge is 2.36. The maximum Gasteiger partial charge on any atom is 0.269 e. The van der Waals surface area contributed by atoms with Gasteiger partial charge >= 0.3 is 0 Å². The Hall–Kier alpha value is -2.21. The van der Waals surface area contributed by atoms with Crippen LogP contribution in [0.4, 0.5) is 5.69 Å². The molecule has 0 radical (unpaired) electrons. The lowest BCUT2D eigenvalue weighted by molar-refractivity contribution is -0.384. The van der Waals surface area contributed by atoms with E-state index in [0.717, 1.165) is 50.5 Å². The fourth-order valence-electron chi connectivity index (χ4n) is 4.48. The van der Waals surface area contributed by atoms with Gasteiger partial charge in [-0.1, -0.05) is 12.2 Å². The number of hydrogen-bond donors (Lipinski definition) is 0. The lowest BCUT2D eigenvalue weighted by Crippen LogP contribution is -2.50. The Morgan fingerprint density at radius 3 is 2.36 bits per heavy atom. The Morgan fingerprint density at radius 1 is 1.08 bits per heavy atom. The molecule has 6 nitrogen and oxygen atoms in total. The average molecular weight is 341 g/mol. The van der Waals surface area contributed by atoms with E-state index in [2.05, 4.69) is 17.1 Å². The summed E-state index contributed by atoms with van der Waals surface area (Å²) in [7, 11) is 0. The van der Waals surface area contributed by atoms with E-state index in [4.69, 9.17) is 0 Å². The fraction of sp³-hybridized carbons (Fsp3) is 0.526. The van der Waals surface area contributed by atoms with Crippen LogP contribution in [0.15, 0.2) is 36.4 Å². The van der Waals surface area contributed by atoms with Crippen LogP contribution in [0.3, 0.4) is 0 Å².